The van der Waals surface area contributed by atoms with Gasteiger partial charge in [0.1, 0.15) is 11.5 Å². The Morgan fingerprint density at radius 2 is 1.93 bits per heavy atom. The minimum absolute atomic E-state index is 0.0619. The topological polar surface area (TPSA) is 87.5 Å². The number of nitrogens with zero attached hydrogens (tertiary/aromatic N) is 2. The summed E-state index contributed by atoms with van der Waals surface area (Å²) >= 11 is 0. The van der Waals surface area contributed by atoms with Gasteiger partial charge in [-0.15, -0.1) is 0 Å². The maximum Gasteiger partial charge on any atom is 0.293 e. The molecular formula is C21H23FN4O3. The van der Waals surface area contributed by atoms with E-state index in [0.29, 0.717) is 17.9 Å². The van der Waals surface area contributed by atoms with Crippen molar-refractivity contribution in [1.82, 2.24) is 5.32 Å². The number of carbonyl (C=O) groups excluding carboxylic acids is 1. The van der Waals surface area contributed by atoms with Gasteiger partial charge in [-0.1, -0.05) is 12.1 Å². The summed E-state index contributed by atoms with van der Waals surface area (Å²) in [5.41, 5.74) is 1.07. The molecule has 4 rings (SSSR count). The number of nitro groups is 1. The van der Waals surface area contributed by atoms with Crippen molar-refractivity contribution in [1.29, 1.82) is 0 Å². The zero-order chi connectivity index (χ0) is 20.4. The lowest BCUT2D eigenvalue weighted by molar-refractivity contribution is -0.384. The van der Waals surface area contributed by atoms with E-state index < -0.39 is 4.92 Å². The zero-order valence-electron chi connectivity index (χ0n) is 15.9. The zero-order valence-corrected chi connectivity index (χ0v) is 15.9. The number of anilines is 2. The van der Waals surface area contributed by atoms with E-state index in [9.17, 15) is 19.3 Å². The lowest BCUT2D eigenvalue weighted by Crippen LogP contribution is -2.42. The summed E-state index contributed by atoms with van der Waals surface area (Å²) < 4.78 is 14.1. The molecule has 1 atom stereocenters. The van der Waals surface area contributed by atoms with Crippen LogP contribution in [0.3, 0.4) is 0 Å². The number of rotatable bonds is 6. The molecule has 8 heteroatoms. The van der Waals surface area contributed by atoms with E-state index in [1.165, 1.54) is 12.1 Å². The van der Waals surface area contributed by atoms with Crippen LogP contribution in [0, 0.1) is 15.9 Å². The maximum atomic E-state index is 14.1. The predicted molar refractivity (Wildman–Crippen MR) is 109 cm³/mol. The number of nitrogens with one attached hydrogen (secondary N) is 2. The number of hydrogen-bond acceptors (Lipinski definition) is 5. The maximum absolute atomic E-state index is 14.1. The molecule has 0 aromatic heterocycles. The Morgan fingerprint density at radius 1 is 1.14 bits per heavy atom. The summed E-state index contributed by atoms with van der Waals surface area (Å²) in [7, 11) is 0. The Kier molecular flexibility index (Phi) is 5.33. The molecule has 2 aliphatic rings. The van der Waals surface area contributed by atoms with E-state index in [-0.39, 0.29) is 35.1 Å². The highest BCUT2D eigenvalue weighted by molar-refractivity contribution is 5.96. The number of piperidine rings is 1. The number of halogens is 1. The standard InChI is InChI=1S/C21H23FN4O3/c22-17-5-1-2-6-19(17)25-11-3-4-16(13-25)23-18-10-7-14(12-20(18)26(28)29)21(27)24-15-8-9-15/h1-2,5-7,10,12,15-16,23H,3-4,8-9,11,13H2,(H,24,27). The van der Waals surface area contributed by atoms with E-state index in [2.05, 4.69) is 10.6 Å². The number of nitro benzene ring substituents is 1. The van der Waals surface area contributed by atoms with Gasteiger partial charge in [0, 0.05) is 36.8 Å². The van der Waals surface area contributed by atoms with Crippen molar-refractivity contribution < 1.29 is 14.1 Å². The van der Waals surface area contributed by atoms with Crippen LogP contribution in [-0.4, -0.2) is 36.0 Å². The third kappa shape index (κ3) is 4.47. The first kappa shape index (κ1) is 19.2. The first-order valence-corrected chi connectivity index (χ1v) is 9.86. The van der Waals surface area contributed by atoms with Crippen LogP contribution in [0.15, 0.2) is 42.5 Å². The Hall–Kier alpha value is -3.16. The summed E-state index contributed by atoms with van der Waals surface area (Å²) in [6.45, 7) is 1.28. The van der Waals surface area contributed by atoms with Gasteiger partial charge >= 0.3 is 0 Å². The molecule has 29 heavy (non-hydrogen) atoms. The molecule has 2 N–H and O–H groups in total. The minimum atomic E-state index is -0.478. The van der Waals surface area contributed by atoms with Crippen molar-refractivity contribution in [2.24, 2.45) is 0 Å². The highest BCUT2D eigenvalue weighted by Gasteiger charge is 2.27. The Balaban J connectivity index is 1.49. The molecule has 2 aromatic rings. The molecule has 0 radical (unpaired) electrons. The van der Waals surface area contributed by atoms with Crippen LogP contribution in [0.1, 0.15) is 36.0 Å². The molecule has 1 saturated carbocycles. The van der Waals surface area contributed by atoms with Gasteiger partial charge in [0.2, 0.25) is 0 Å². The number of amides is 1. The van der Waals surface area contributed by atoms with Crippen molar-refractivity contribution >= 4 is 23.0 Å². The molecule has 1 heterocycles. The van der Waals surface area contributed by atoms with Crippen LogP contribution in [0.2, 0.25) is 0 Å². The summed E-state index contributed by atoms with van der Waals surface area (Å²) in [5, 5.41) is 17.7. The van der Waals surface area contributed by atoms with Crippen molar-refractivity contribution in [2.75, 3.05) is 23.3 Å². The van der Waals surface area contributed by atoms with E-state index >= 15 is 0 Å². The third-order valence-electron chi connectivity index (χ3n) is 5.34. The quantitative estimate of drug-likeness (QED) is 0.572. The van der Waals surface area contributed by atoms with Crippen molar-refractivity contribution in [3.05, 3.63) is 64.0 Å². The van der Waals surface area contributed by atoms with Crippen molar-refractivity contribution in [3.8, 4) is 0 Å². The van der Waals surface area contributed by atoms with Gasteiger partial charge in [-0.25, -0.2) is 4.39 Å². The Bertz CT molecular complexity index is 932. The summed E-state index contributed by atoms with van der Waals surface area (Å²) in [5.74, 6) is -0.560. The Labute approximate surface area is 168 Å². The summed E-state index contributed by atoms with van der Waals surface area (Å²) in [6.07, 6.45) is 3.58. The molecule has 1 saturated heterocycles. The summed E-state index contributed by atoms with van der Waals surface area (Å²) in [4.78, 5) is 25.3. The van der Waals surface area contributed by atoms with Gasteiger partial charge in [-0.2, -0.15) is 0 Å². The largest absolute Gasteiger partial charge is 0.375 e. The minimum Gasteiger partial charge on any atom is -0.375 e. The normalized spacial score (nSPS) is 18.9. The molecule has 0 bridgehead atoms. The lowest BCUT2D eigenvalue weighted by atomic mass is 10.0. The van der Waals surface area contributed by atoms with Gasteiger partial charge in [0.15, 0.2) is 0 Å². The second kappa shape index (κ2) is 8.06. The highest BCUT2D eigenvalue weighted by Crippen LogP contribution is 2.30. The molecule has 1 unspecified atom stereocenters. The molecule has 7 nitrogen and oxygen atoms in total. The van der Waals surface area contributed by atoms with E-state index in [4.69, 9.17) is 0 Å². The van der Waals surface area contributed by atoms with E-state index in [0.717, 1.165) is 32.2 Å². The van der Waals surface area contributed by atoms with Crippen LogP contribution >= 0.6 is 0 Å². The molecule has 1 aliphatic carbocycles. The van der Waals surface area contributed by atoms with Gasteiger partial charge in [-0.3, -0.25) is 14.9 Å². The number of para-hydroxylation sites is 1. The van der Waals surface area contributed by atoms with Gasteiger partial charge in [-0.05, 0) is 49.9 Å². The average Bonchev–Trinajstić information content (AvgIpc) is 3.52. The van der Waals surface area contributed by atoms with Gasteiger partial charge in [0.05, 0.1) is 10.6 Å². The Morgan fingerprint density at radius 3 is 2.66 bits per heavy atom. The summed E-state index contributed by atoms with van der Waals surface area (Å²) in [6, 6.07) is 11.3. The highest BCUT2D eigenvalue weighted by atomic mass is 19.1. The SMILES string of the molecule is O=C(NC1CC1)c1ccc(NC2CCCN(c3ccccc3F)C2)c([N+](=O)[O-])c1. The van der Waals surface area contributed by atoms with Gasteiger partial charge in [0.25, 0.3) is 11.6 Å². The fraction of sp³-hybridized carbons (Fsp3) is 0.381. The predicted octanol–water partition coefficient (Wildman–Crippen LogP) is 3.71. The van der Waals surface area contributed by atoms with Gasteiger partial charge < -0.3 is 15.5 Å². The molecule has 1 amide bonds. The van der Waals surface area contributed by atoms with Crippen LogP contribution < -0.4 is 15.5 Å². The number of carbonyl (C=O) groups is 1. The fourth-order valence-electron chi connectivity index (χ4n) is 3.68. The first-order chi connectivity index (χ1) is 14.0. The van der Waals surface area contributed by atoms with E-state index in [1.54, 1.807) is 30.3 Å². The number of hydrogen-bond donors (Lipinski definition) is 2. The molecule has 2 aromatic carbocycles. The molecule has 1 aliphatic heterocycles. The average molecular weight is 398 g/mol. The molecule has 2 fully saturated rings. The number of benzene rings is 2. The fourth-order valence-corrected chi connectivity index (χ4v) is 3.68. The molecular weight excluding hydrogens is 375 g/mol. The van der Waals surface area contributed by atoms with Crippen LogP contribution in [0.25, 0.3) is 0 Å². The van der Waals surface area contributed by atoms with E-state index in [1.807, 2.05) is 4.90 Å². The second-order valence-corrected chi connectivity index (χ2v) is 7.62. The van der Waals surface area contributed by atoms with Crippen LogP contribution in [-0.2, 0) is 0 Å². The van der Waals surface area contributed by atoms with Crippen LogP contribution in [0.5, 0.6) is 0 Å². The smallest absolute Gasteiger partial charge is 0.293 e. The molecule has 0 spiro atoms. The molecule has 152 valence electrons. The van der Waals surface area contributed by atoms with Crippen LogP contribution in [0.4, 0.5) is 21.5 Å². The van der Waals surface area contributed by atoms with Crippen molar-refractivity contribution in [3.63, 3.8) is 0 Å². The monoisotopic (exact) mass is 398 g/mol. The lowest BCUT2D eigenvalue weighted by Gasteiger charge is -2.35. The second-order valence-electron chi connectivity index (χ2n) is 7.62. The third-order valence-corrected chi connectivity index (χ3v) is 5.34. The first-order valence-electron chi connectivity index (χ1n) is 9.86. The van der Waals surface area contributed by atoms with Crippen molar-refractivity contribution in [2.45, 2.75) is 37.8 Å².